The van der Waals surface area contributed by atoms with Gasteiger partial charge >= 0.3 is 0 Å². The number of piperazine rings is 1. The van der Waals surface area contributed by atoms with Crippen LogP contribution in [0.5, 0.6) is 0 Å². The first-order chi connectivity index (χ1) is 12.9. The number of rotatable bonds is 3. The molecule has 8 nitrogen and oxygen atoms in total. The molecule has 1 aliphatic rings. The Kier molecular flexibility index (Phi) is 3.71. The molecule has 0 amide bonds. The smallest absolute Gasteiger partial charge is 0.225 e. The monoisotopic (exact) mass is 364 g/mol. The van der Waals surface area contributed by atoms with Gasteiger partial charge in [-0.2, -0.15) is 0 Å². The number of pyridine rings is 1. The van der Waals surface area contributed by atoms with Crippen molar-refractivity contribution in [3.63, 3.8) is 0 Å². The predicted molar refractivity (Wildman–Crippen MR) is 101 cm³/mol. The van der Waals surface area contributed by atoms with E-state index < -0.39 is 0 Å². The minimum atomic E-state index is 0.794. The predicted octanol–water partition coefficient (Wildman–Crippen LogP) is 1.97. The summed E-state index contributed by atoms with van der Waals surface area (Å²) in [5.41, 5.74) is 1.90. The van der Waals surface area contributed by atoms with Gasteiger partial charge in [0.1, 0.15) is 0 Å². The minimum Gasteiger partial charge on any atom is -0.343 e. The Morgan fingerprint density at radius 3 is 2.46 bits per heavy atom. The van der Waals surface area contributed by atoms with Crippen LogP contribution < -0.4 is 9.80 Å². The Balaban J connectivity index is 1.32. The summed E-state index contributed by atoms with van der Waals surface area (Å²) in [6.45, 7) is 3.55. The van der Waals surface area contributed by atoms with E-state index in [-0.39, 0.29) is 0 Å². The van der Waals surface area contributed by atoms with Gasteiger partial charge in [0, 0.05) is 56.5 Å². The van der Waals surface area contributed by atoms with Crippen molar-refractivity contribution in [3.05, 3.63) is 49.2 Å². The zero-order valence-electron chi connectivity index (χ0n) is 13.9. The summed E-state index contributed by atoms with van der Waals surface area (Å²) in [5, 5.41) is 5.71. The minimum absolute atomic E-state index is 0.794. The molecule has 0 saturated carbocycles. The second-order valence-electron chi connectivity index (χ2n) is 6.00. The van der Waals surface area contributed by atoms with E-state index >= 15 is 0 Å². The molecular formula is C17H16N8S. The summed E-state index contributed by atoms with van der Waals surface area (Å²) in [4.78, 5) is 22.9. The number of anilines is 2. The number of hydrogen-bond acceptors (Lipinski definition) is 8. The molecule has 0 N–H and O–H groups in total. The maximum Gasteiger partial charge on any atom is 0.225 e. The van der Waals surface area contributed by atoms with Crippen molar-refractivity contribution in [1.82, 2.24) is 29.5 Å². The topological polar surface area (TPSA) is 75.3 Å². The van der Waals surface area contributed by atoms with Gasteiger partial charge in [-0.3, -0.25) is 4.98 Å². The molecule has 0 aliphatic carbocycles. The van der Waals surface area contributed by atoms with Gasteiger partial charge in [-0.25, -0.2) is 19.5 Å². The third-order valence-corrected chi connectivity index (χ3v) is 5.36. The summed E-state index contributed by atoms with van der Waals surface area (Å²) in [6.07, 6.45) is 9.10. The van der Waals surface area contributed by atoms with Crippen LogP contribution in [0, 0.1) is 0 Å². The standard InChI is InChI=1S/C17H16N8S/c1-3-13(11-18-4-1)14-12-25-16(21-14)26-17(22-25)24-9-7-23(8-10-24)15-19-5-2-6-20-15/h1-6,11-12H,7-10H2. The Hall–Kier alpha value is -3.07. The summed E-state index contributed by atoms with van der Waals surface area (Å²) >= 11 is 1.61. The fraction of sp³-hybridized carbons (Fsp3) is 0.235. The van der Waals surface area contributed by atoms with Crippen molar-refractivity contribution in [3.8, 4) is 11.3 Å². The van der Waals surface area contributed by atoms with Crippen molar-refractivity contribution in [2.75, 3.05) is 36.0 Å². The lowest BCUT2D eigenvalue weighted by molar-refractivity contribution is 0.635. The molecule has 4 aromatic heterocycles. The highest BCUT2D eigenvalue weighted by atomic mass is 32.1. The van der Waals surface area contributed by atoms with Gasteiger partial charge in [-0.05, 0) is 18.2 Å². The molecule has 0 atom stereocenters. The fourth-order valence-electron chi connectivity index (χ4n) is 3.02. The van der Waals surface area contributed by atoms with E-state index in [2.05, 4.69) is 29.7 Å². The first-order valence-electron chi connectivity index (χ1n) is 8.40. The lowest BCUT2D eigenvalue weighted by Gasteiger charge is -2.34. The first-order valence-corrected chi connectivity index (χ1v) is 9.22. The molecule has 1 fully saturated rings. The fourth-order valence-corrected chi connectivity index (χ4v) is 3.96. The highest BCUT2D eigenvalue weighted by molar-refractivity contribution is 7.20. The molecule has 5 heterocycles. The van der Waals surface area contributed by atoms with Crippen LogP contribution >= 0.6 is 11.3 Å². The van der Waals surface area contributed by atoms with E-state index in [0.717, 1.165) is 53.5 Å². The quantitative estimate of drug-likeness (QED) is 0.550. The van der Waals surface area contributed by atoms with Gasteiger partial charge in [0.25, 0.3) is 0 Å². The van der Waals surface area contributed by atoms with Crippen LogP contribution in [0.15, 0.2) is 49.2 Å². The molecule has 26 heavy (non-hydrogen) atoms. The lowest BCUT2D eigenvalue weighted by atomic mass is 10.2. The van der Waals surface area contributed by atoms with Crippen LogP contribution in [0.25, 0.3) is 16.2 Å². The molecular weight excluding hydrogens is 348 g/mol. The molecule has 1 saturated heterocycles. The molecule has 0 spiro atoms. The zero-order chi connectivity index (χ0) is 17.3. The van der Waals surface area contributed by atoms with Crippen LogP contribution in [-0.2, 0) is 0 Å². The molecule has 4 aromatic rings. The van der Waals surface area contributed by atoms with Gasteiger partial charge in [-0.1, -0.05) is 11.3 Å². The summed E-state index contributed by atoms with van der Waals surface area (Å²) in [7, 11) is 0. The van der Waals surface area contributed by atoms with Gasteiger partial charge < -0.3 is 9.80 Å². The van der Waals surface area contributed by atoms with E-state index in [0.29, 0.717) is 0 Å². The number of nitrogens with zero attached hydrogens (tertiary/aromatic N) is 8. The third-order valence-electron chi connectivity index (χ3n) is 4.37. The largest absolute Gasteiger partial charge is 0.343 e. The summed E-state index contributed by atoms with van der Waals surface area (Å²) in [6, 6.07) is 5.76. The van der Waals surface area contributed by atoms with E-state index in [9.17, 15) is 0 Å². The summed E-state index contributed by atoms with van der Waals surface area (Å²) < 4.78 is 1.86. The van der Waals surface area contributed by atoms with Gasteiger partial charge in [0.15, 0.2) is 0 Å². The second kappa shape index (κ2) is 6.34. The summed E-state index contributed by atoms with van der Waals surface area (Å²) in [5.74, 6) is 0.794. The van der Waals surface area contributed by atoms with E-state index in [1.54, 1.807) is 29.9 Å². The maximum absolute atomic E-state index is 4.71. The number of imidazole rings is 1. The van der Waals surface area contributed by atoms with Crippen LogP contribution in [0.4, 0.5) is 11.1 Å². The Labute approximate surface area is 153 Å². The van der Waals surface area contributed by atoms with Crippen LogP contribution in [0.1, 0.15) is 0 Å². The molecule has 0 radical (unpaired) electrons. The van der Waals surface area contributed by atoms with E-state index in [4.69, 9.17) is 5.10 Å². The van der Waals surface area contributed by atoms with E-state index in [1.165, 1.54) is 0 Å². The number of fused-ring (bicyclic) bond motifs is 1. The van der Waals surface area contributed by atoms with Crippen molar-refractivity contribution >= 4 is 27.4 Å². The van der Waals surface area contributed by atoms with Crippen LogP contribution in [-0.4, -0.2) is 55.7 Å². The molecule has 0 unspecified atom stereocenters. The normalized spacial score (nSPS) is 14.9. The molecule has 130 valence electrons. The van der Waals surface area contributed by atoms with Crippen LogP contribution in [0.2, 0.25) is 0 Å². The molecule has 5 rings (SSSR count). The van der Waals surface area contributed by atoms with Crippen molar-refractivity contribution in [1.29, 1.82) is 0 Å². The lowest BCUT2D eigenvalue weighted by Crippen LogP contribution is -2.47. The highest BCUT2D eigenvalue weighted by Crippen LogP contribution is 2.27. The number of hydrogen-bond donors (Lipinski definition) is 0. The second-order valence-corrected chi connectivity index (χ2v) is 6.94. The van der Waals surface area contributed by atoms with Crippen LogP contribution in [0.3, 0.4) is 0 Å². The zero-order valence-corrected chi connectivity index (χ0v) is 14.7. The Morgan fingerprint density at radius 2 is 1.73 bits per heavy atom. The van der Waals surface area contributed by atoms with Crippen molar-refractivity contribution in [2.45, 2.75) is 0 Å². The first kappa shape index (κ1) is 15.2. The van der Waals surface area contributed by atoms with E-state index in [1.807, 2.05) is 35.1 Å². The SMILES string of the molecule is c1cnc(N2CCN(c3nn4cc(-c5cccnc5)nc4s3)CC2)nc1. The van der Waals surface area contributed by atoms with Crippen molar-refractivity contribution < 1.29 is 0 Å². The average molecular weight is 364 g/mol. The van der Waals surface area contributed by atoms with Crippen molar-refractivity contribution in [2.24, 2.45) is 0 Å². The Bertz CT molecular complexity index is 974. The molecule has 0 bridgehead atoms. The third kappa shape index (κ3) is 2.76. The highest BCUT2D eigenvalue weighted by Gasteiger charge is 2.22. The van der Waals surface area contributed by atoms with Gasteiger partial charge in [-0.15, -0.1) is 5.10 Å². The van der Waals surface area contributed by atoms with Gasteiger partial charge in [0.05, 0.1) is 11.9 Å². The average Bonchev–Trinajstić information content (AvgIpc) is 3.29. The maximum atomic E-state index is 4.71. The molecule has 0 aromatic carbocycles. The molecule has 1 aliphatic heterocycles. The van der Waals surface area contributed by atoms with Gasteiger partial charge in [0.2, 0.25) is 16.0 Å². The Morgan fingerprint density at radius 1 is 0.923 bits per heavy atom. The number of aromatic nitrogens is 6. The molecule has 9 heteroatoms.